The fourth-order valence-electron chi connectivity index (χ4n) is 1.62. The van der Waals surface area contributed by atoms with Crippen molar-refractivity contribution in [2.24, 2.45) is 0 Å². The standard InChI is InChI=1S/C11H19BrN2O2S/c1-16-6-5-14-11(9(12)8-13-14)10(15)4-3-7-17-2/h8,10,15H,3-7H2,1-2H3. The Morgan fingerprint density at radius 3 is 3.06 bits per heavy atom. The number of aromatic nitrogens is 2. The van der Waals surface area contributed by atoms with E-state index in [1.807, 2.05) is 0 Å². The van der Waals surface area contributed by atoms with Gasteiger partial charge in [-0.05, 0) is 40.8 Å². The molecule has 1 aromatic heterocycles. The summed E-state index contributed by atoms with van der Waals surface area (Å²) in [5.41, 5.74) is 0.850. The van der Waals surface area contributed by atoms with Gasteiger partial charge < -0.3 is 9.84 Å². The second-order valence-electron chi connectivity index (χ2n) is 3.74. The van der Waals surface area contributed by atoms with Crippen LogP contribution in [-0.4, -0.2) is 40.6 Å². The van der Waals surface area contributed by atoms with Crippen LogP contribution >= 0.6 is 27.7 Å². The predicted octanol–water partition coefficient (Wildman–Crippen LogP) is 2.47. The zero-order valence-electron chi connectivity index (χ0n) is 10.2. The summed E-state index contributed by atoms with van der Waals surface area (Å²) in [6, 6.07) is 0. The van der Waals surface area contributed by atoms with Gasteiger partial charge in [0, 0.05) is 7.11 Å². The third-order valence-electron chi connectivity index (χ3n) is 2.48. The molecule has 0 aliphatic carbocycles. The minimum atomic E-state index is -0.462. The molecule has 1 atom stereocenters. The Balaban J connectivity index is 2.63. The number of hydrogen-bond acceptors (Lipinski definition) is 4. The van der Waals surface area contributed by atoms with Crippen molar-refractivity contribution in [2.75, 3.05) is 25.7 Å². The molecular weight excluding hydrogens is 304 g/mol. The van der Waals surface area contributed by atoms with Gasteiger partial charge in [-0.15, -0.1) is 0 Å². The molecule has 0 bridgehead atoms. The number of aliphatic hydroxyl groups is 1. The molecule has 0 aromatic carbocycles. The molecule has 0 aliphatic rings. The molecule has 1 N–H and O–H groups in total. The smallest absolute Gasteiger partial charge is 0.0968 e. The van der Waals surface area contributed by atoms with Crippen molar-refractivity contribution in [3.05, 3.63) is 16.4 Å². The highest BCUT2D eigenvalue weighted by Crippen LogP contribution is 2.26. The number of halogens is 1. The minimum absolute atomic E-state index is 0.462. The third kappa shape index (κ3) is 4.62. The van der Waals surface area contributed by atoms with Gasteiger partial charge in [0.1, 0.15) is 0 Å². The molecule has 0 fully saturated rings. The summed E-state index contributed by atoms with van der Waals surface area (Å²) in [6.45, 7) is 1.26. The van der Waals surface area contributed by atoms with Crippen LogP contribution in [0.15, 0.2) is 10.7 Å². The molecule has 0 amide bonds. The number of methoxy groups -OCH3 is 1. The summed E-state index contributed by atoms with van der Waals surface area (Å²) in [5, 5.41) is 14.4. The Bertz CT molecular complexity index is 333. The van der Waals surface area contributed by atoms with E-state index in [0.717, 1.165) is 28.8 Å². The van der Waals surface area contributed by atoms with E-state index in [1.54, 1.807) is 29.8 Å². The van der Waals surface area contributed by atoms with Crippen LogP contribution in [0.4, 0.5) is 0 Å². The molecule has 0 aliphatic heterocycles. The summed E-state index contributed by atoms with van der Waals surface area (Å²) in [4.78, 5) is 0. The number of ether oxygens (including phenoxy) is 1. The molecule has 6 heteroatoms. The van der Waals surface area contributed by atoms with Crippen LogP contribution in [0.1, 0.15) is 24.6 Å². The lowest BCUT2D eigenvalue weighted by molar-refractivity contribution is 0.145. The third-order valence-corrected chi connectivity index (χ3v) is 3.79. The van der Waals surface area contributed by atoms with Gasteiger partial charge in [-0.2, -0.15) is 16.9 Å². The van der Waals surface area contributed by atoms with E-state index in [0.29, 0.717) is 13.2 Å². The Labute approximate surface area is 115 Å². The number of nitrogens with zero attached hydrogens (tertiary/aromatic N) is 2. The first-order valence-electron chi connectivity index (χ1n) is 5.57. The lowest BCUT2D eigenvalue weighted by Crippen LogP contribution is -2.13. The largest absolute Gasteiger partial charge is 0.387 e. The molecule has 1 heterocycles. The lowest BCUT2D eigenvalue weighted by Gasteiger charge is -2.13. The van der Waals surface area contributed by atoms with E-state index >= 15 is 0 Å². The van der Waals surface area contributed by atoms with Gasteiger partial charge in [0.15, 0.2) is 0 Å². The summed E-state index contributed by atoms with van der Waals surface area (Å²) in [5.74, 6) is 1.07. The summed E-state index contributed by atoms with van der Waals surface area (Å²) in [6.07, 6.45) is 5.10. The Hall–Kier alpha value is -0.0400. The van der Waals surface area contributed by atoms with Gasteiger partial charge in [-0.3, -0.25) is 4.68 Å². The number of aliphatic hydroxyl groups excluding tert-OH is 1. The van der Waals surface area contributed by atoms with Gasteiger partial charge in [0.05, 0.1) is 35.6 Å². The van der Waals surface area contributed by atoms with Crippen molar-refractivity contribution >= 4 is 27.7 Å². The average molecular weight is 323 g/mol. The highest BCUT2D eigenvalue weighted by molar-refractivity contribution is 9.10. The molecule has 98 valence electrons. The Morgan fingerprint density at radius 2 is 2.41 bits per heavy atom. The quantitative estimate of drug-likeness (QED) is 0.747. The van der Waals surface area contributed by atoms with Crippen molar-refractivity contribution in [3.8, 4) is 0 Å². The fourth-order valence-corrected chi connectivity index (χ4v) is 2.63. The van der Waals surface area contributed by atoms with E-state index in [9.17, 15) is 5.11 Å². The fraction of sp³-hybridized carbons (Fsp3) is 0.727. The summed E-state index contributed by atoms with van der Waals surface area (Å²) in [7, 11) is 1.66. The van der Waals surface area contributed by atoms with E-state index in [-0.39, 0.29) is 0 Å². The van der Waals surface area contributed by atoms with Crippen LogP contribution < -0.4 is 0 Å². The van der Waals surface area contributed by atoms with Crippen LogP contribution in [-0.2, 0) is 11.3 Å². The van der Waals surface area contributed by atoms with E-state index in [4.69, 9.17) is 4.74 Å². The molecular formula is C11H19BrN2O2S. The maximum atomic E-state index is 10.2. The van der Waals surface area contributed by atoms with Crippen molar-refractivity contribution < 1.29 is 9.84 Å². The molecule has 17 heavy (non-hydrogen) atoms. The summed E-state index contributed by atoms with van der Waals surface area (Å²) < 4.78 is 7.70. The van der Waals surface area contributed by atoms with Gasteiger partial charge >= 0.3 is 0 Å². The molecule has 1 rings (SSSR count). The molecule has 1 unspecified atom stereocenters. The molecule has 0 saturated carbocycles. The summed E-state index contributed by atoms with van der Waals surface area (Å²) >= 11 is 5.23. The van der Waals surface area contributed by atoms with Crippen LogP contribution in [0.25, 0.3) is 0 Å². The zero-order valence-corrected chi connectivity index (χ0v) is 12.6. The Morgan fingerprint density at radius 1 is 1.65 bits per heavy atom. The first-order chi connectivity index (χ1) is 8.20. The van der Waals surface area contributed by atoms with Crippen LogP contribution in [0.2, 0.25) is 0 Å². The first-order valence-corrected chi connectivity index (χ1v) is 7.76. The number of hydrogen-bond donors (Lipinski definition) is 1. The highest BCUT2D eigenvalue weighted by atomic mass is 79.9. The maximum Gasteiger partial charge on any atom is 0.0968 e. The second-order valence-corrected chi connectivity index (χ2v) is 5.58. The maximum absolute atomic E-state index is 10.2. The highest BCUT2D eigenvalue weighted by Gasteiger charge is 2.17. The van der Waals surface area contributed by atoms with E-state index in [1.165, 1.54) is 0 Å². The van der Waals surface area contributed by atoms with Crippen molar-refractivity contribution in [2.45, 2.75) is 25.5 Å². The monoisotopic (exact) mass is 322 g/mol. The SMILES string of the molecule is COCCn1ncc(Br)c1C(O)CCCSC. The number of rotatable bonds is 8. The molecule has 4 nitrogen and oxygen atoms in total. The molecule has 0 radical (unpaired) electrons. The number of thioether (sulfide) groups is 1. The molecule has 0 spiro atoms. The average Bonchev–Trinajstić information content (AvgIpc) is 2.68. The van der Waals surface area contributed by atoms with E-state index in [2.05, 4.69) is 27.3 Å². The Kier molecular flexibility index (Phi) is 7.18. The van der Waals surface area contributed by atoms with Gasteiger partial charge in [-0.1, -0.05) is 0 Å². The van der Waals surface area contributed by atoms with Crippen molar-refractivity contribution in [1.82, 2.24) is 9.78 Å². The predicted molar refractivity (Wildman–Crippen MR) is 74.4 cm³/mol. The second kappa shape index (κ2) is 8.13. The lowest BCUT2D eigenvalue weighted by atomic mass is 10.1. The van der Waals surface area contributed by atoms with Crippen LogP contribution in [0.3, 0.4) is 0 Å². The molecule has 1 aromatic rings. The first kappa shape index (κ1) is 15.0. The van der Waals surface area contributed by atoms with Gasteiger partial charge in [0.2, 0.25) is 0 Å². The minimum Gasteiger partial charge on any atom is -0.387 e. The van der Waals surface area contributed by atoms with Gasteiger partial charge in [-0.25, -0.2) is 0 Å². The zero-order chi connectivity index (χ0) is 12.7. The molecule has 0 saturated heterocycles. The van der Waals surface area contributed by atoms with Gasteiger partial charge in [0.25, 0.3) is 0 Å². The van der Waals surface area contributed by atoms with E-state index < -0.39 is 6.10 Å². The topological polar surface area (TPSA) is 47.3 Å². The van der Waals surface area contributed by atoms with Crippen LogP contribution in [0.5, 0.6) is 0 Å². The normalized spacial score (nSPS) is 12.9. The van der Waals surface area contributed by atoms with Crippen molar-refractivity contribution in [1.29, 1.82) is 0 Å². The van der Waals surface area contributed by atoms with Crippen LogP contribution in [0, 0.1) is 0 Å². The van der Waals surface area contributed by atoms with Crippen molar-refractivity contribution in [3.63, 3.8) is 0 Å².